The van der Waals surface area contributed by atoms with E-state index in [2.05, 4.69) is 4.72 Å². The Labute approximate surface area is 112 Å². The van der Waals surface area contributed by atoms with Crippen molar-refractivity contribution in [3.05, 3.63) is 24.0 Å². The van der Waals surface area contributed by atoms with Crippen LogP contribution in [0.3, 0.4) is 0 Å². The maximum absolute atomic E-state index is 13.3. The Bertz CT molecular complexity index is 565. The standard InChI is InChI=1S/C12H17FN2O3S/c1-18-12(6-3-7-12)8-15-19(16,17)10-5-2-4-9(13)11(10)14/h2,4-5,15H,3,6-8,14H2,1H3. The summed E-state index contributed by atoms with van der Waals surface area (Å²) in [6.07, 6.45) is 2.63. The average molecular weight is 288 g/mol. The van der Waals surface area contributed by atoms with Crippen molar-refractivity contribution in [2.45, 2.75) is 29.8 Å². The summed E-state index contributed by atoms with van der Waals surface area (Å²) in [6, 6.07) is 3.72. The first-order valence-corrected chi connectivity index (χ1v) is 7.47. The van der Waals surface area contributed by atoms with E-state index in [0.29, 0.717) is 0 Å². The number of sulfonamides is 1. The van der Waals surface area contributed by atoms with Crippen molar-refractivity contribution in [2.75, 3.05) is 19.4 Å². The number of anilines is 1. The Morgan fingerprint density at radius 2 is 2.16 bits per heavy atom. The Morgan fingerprint density at radius 1 is 1.47 bits per heavy atom. The van der Waals surface area contributed by atoms with Crippen LogP contribution < -0.4 is 10.5 Å². The van der Waals surface area contributed by atoms with Crippen LogP contribution in [0, 0.1) is 5.82 Å². The number of nitrogens with one attached hydrogen (secondary N) is 1. The molecule has 1 aromatic carbocycles. The van der Waals surface area contributed by atoms with Crippen LogP contribution in [-0.4, -0.2) is 27.7 Å². The lowest BCUT2D eigenvalue weighted by Gasteiger charge is -2.40. The van der Waals surface area contributed by atoms with E-state index in [1.807, 2.05) is 0 Å². The third kappa shape index (κ3) is 2.72. The second kappa shape index (κ2) is 5.07. The highest BCUT2D eigenvalue weighted by molar-refractivity contribution is 7.89. The van der Waals surface area contributed by atoms with Crippen LogP contribution in [-0.2, 0) is 14.8 Å². The molecule has 0 unspecified atom stereocenters. The second-order valence-corrected chi connectivity index (χ2v) is 6.45. The maximum Gasteiger partial charge on any atom is 0.242 e. The largest absolute Gasteiger partial charge is 0.395 e. The van der Waals surface area contributed by atoms with Crippen molar-refractivity contribution >= 4 is 15.7 Å². The topological polar surface area (TPSA) is 81.4 Å². The van der Waals surface area contributed by atoms with Gasteiger partial charge in [0, 0.05) is 13.7 Å². The molecule has 106 valence electrons. The molecular formula is C12H17FN2O3S. The molecule has 19 heavy (non-hydrogen) atoms. The van der Waals surface area contributed by atoms with Gasteiger partial charge in [-0.3, -0.25) is 0 Å². The van der Waals surface area contributed by atoms with E-state index in [0.717, 1.165) is 25.3 Å². The van der Waals surface area contributed by atoms with E-state index < -0.39 is 21.4 Å². The number of rotatable bonds is 5. The highest BCUT2D eigenvalue weighted by Crippen LogP contribution is 2.34. The van der Waals surface area contributed by atoms with E-state index in [1.54, 1.807) is 7.11 Å². The van der Waals surface area contributed by atoms with Crippen molar-refractivity contribution in [3.8, 4) is 0 Å². The van der Waals surface area contributed by atoms with Crippen LogP contribution in [0.1, 0.15) is 19.3 Å². The zero-order valence-corrected chi connectivity index (χ0v) is 11.5. The summed E-state index contributed by atoms with van der Waals surface area (Å²) >= 11 is 0. The zero-order valence-electron chi connectivity index (χ0n) is 10.6. The monoisotopic (exact) mass is 288 g/mol. The minimum Gasteiger partial charge on any atom is -0.395 e. The van der Waals surface area contributed by atoms with Crippen molar-refractivity contribution in [1.29, 1.82) is 0 Å². The molecule has 7 heteroatoms. The molecule has 2 rings (SSSR count). The number of para-hydroxylation sites is 1. The van der Waals surface area contributed by atoms with Crippen molar-refractivity contribution in [3.63, 3.8) is 0 Å². The highest BCUT2D eigenvalue weighted by Gasteiger charge is 2.38. The molecule has 1 saturated carbocycles. The van der Waals surface area contributed by atoms with Gasteiger partial charge in [0.05, 0.1) is 11.3 Å². The van der Waals surface area contributed by atoms with Gasteiger partial charge in [-0.05, 0) is 31.4 Å². The van der Waals surface area contributed by atoms with Gasteiger partial charge in [-0.2, -0.15) is 0 Å². The lowest BCUT2D eigenvalue weighted by atomic mass is 9.80. The summed E-state index contributed by atoms with van der Waals surface area (Å²) in [5.41, 5.74) is 4.66. The summed E-state index contributed by atoms with van der Waals surface area (Å²) in [7, 11) is -2.27. The molecule has 1 aromatic rings. The third-order valence-electron chi connectivity index (χ3n) is 3.58. The molecule has 1 aliphatic rings. The van der Waals surface area contributed by atoms with Gasteiger partial charge in [-0.15, -0.1) is 0 Å². The molecule has 0 atom stereocenters. The zero-order chi connectivity index (χ0) is 14.1. The van der Waals surface area contributed by atoms with Crippen LogP contribution in [0.2, 0.25) is 0 Å². The van der Waals surface area contributed by atoms with Gasteiger partial charge in [0.1, 0.15) is 10.7 Å². The summed E-state index contributed by atoms with van der Waals surface area (Å²) in [6.45, 7) is 0.168. The maximum atomic E-state index is 13.3. The third-order valence-corrected chi connectivity index (χ3v) is 5.04. The van der Waals surface area contributed by atoms with Gasteiger partial charge in [-0.1, -0.05) is 6.07 Å². The molecule has 1 fully saturated rings. The lowest BCUT2D eigenvalue weighted by Crippen LogP contribution is -2.49. The van der Waals surface area contributed by atoms with Gasteiger partial charge >= 0.3 is 0 Å². The predicted molar refractivity (Wildman–Crippen MR) is 69.6 cm³/mol. The smallest absolute Gasteiger partial charge is 0.242 e. The summed E-state index contributed by atoms with van der Waals surface area (Å²) < 4.78 is 45.2. The second-order valence-electron chi connectivity index (χ2n) is 4.72. The molecule has 0 spiro atoms. The molecule has 0 heterocycles. The molecular weight excluding hydrogens is 271 g/mol. The van der Waals surface area contributed by atoms with Crippen molar-refractivity contribution in [1.82, 2.24) is 4.72 Å². The predicted octanol–water partition coefficient (Wildman–Crippen LogP) is 1.26. The normalized spacial score (nSPS) is 18.0. The summed E-state index contributed by atoms with van der Waals surface area (Å²) in [4.78, 5) is -0.238. The molecule has 5 nitrogen and oxygen atoms in total. The van der Waals surface area contributed by atoms with E-state index in [9.17, 15) is 12.8 Å². The van der Waals surface area contributed by atoms with Gasteiger partial charge in [0.25, 0.3) is 0 Å². The lowest BCUT2D eigenvalue weighted by molar-refractivity contribution is -0.0659. The van der Waals surface area contributed by atoms with E-state index >= 15 is 0 Å². The molecule has 1 aliphatic carbocycles. The first kappa shape index (κ1) is 14.2. The SMILES string of the molecule is COC1(CNS(=O)(=O)c2cccc(F)c2N)CCC1. The first-order valence-electron chi connectivity index (χ1n) is 5.99. The number of hydrogen-bond acceptors (Lipinski definition) is 4. The molecule has 0 aliphatic heterocycles. The van der Waals surface area contributed by atoms with E-state index in [-0.39, 0.29) is 17.1 Å². The van der Waals surface area contributed by atoms with Gasteiger partial charge < -0.3 is 10.5 Å². The minimum atomic E-state index is -3.83. The van der Waals surface area contributed by atoms with Gasteiger partial charge in [-0.25, -0.2) is 17.5 Å². The fraction of sp³-hybridized carbons (Fsp3) is 0.500. The Balaban J connectivity index is 2.16. The van der Waals surface area contributed by atoms with Gasteiger partial charge in [0.15, 0.2) is 0 Å². The van der Waals surface area contributed by atoms with Gasteiger partial charge in [0.2, 0.25) is 10.0 Å². The Hall–Kier alpha value is -1.18. The summed E-state index contributed by atoms with van der Waals surface area (Å²) in [5.74, 6) is -0.743. The van der Waals surface area contributed by atoms with Crippen LogP contribution in [0.5, 0.6) is 0 Å². The minimum absolute atomic E-state index is 0.168. The Kier molecular flexibility index (Phi) is 3.80. The molecule has 0 amide bonds. The van der Waals surface area contributed by atoms with Crippen LogP contribution in [0.4, 0.5) is 10.1 Å². The molecule has 0 aromatic heterocycles. The first-order chi connectivity index (χ1) is 8.90. The summed E-state index contributed by atoms with van der Waals surface area (Å²) in [5, 5.41) is 0. The number of halogens is 1. The molecule has 3 N–H and O–H groups in total. The molecule has 0 bridgehead atoms. The van der Waals surface area contributed by atoms with Crippen LogP contribution >= 0.6 is 0 Å². The van der Waals surface area contributed by atoms with Crippen molar-refractivity contribution < 1.29 is 17.5 Å². The number of ether oxygens (including phenoxy) is 1. The highest BCUT2D eigenvalue weighted by atomic mass is 32.2. The van der Waals surface area contributed by atoms with Crippen LogP contribution in [0.25, 0.3) is 0 Å². The average Bonchev–Trinajstić information content (AvgIpc) is 2.31. The fourth-order valence-electron chi connectivity index (χ4n) is 2.08. The van der Waals surface area contributed by atoms with Crippen LogP contribution in [0.15, 0.2) is 23.1 Å². The quantitative estimate of drug-likeness (QED) is 0.799. The fourth-order valence-corrected chi connectivity index (χ4v) is 3.33. The Morgan fingerprint density at radius 3 is 2.68 bits per heavy atom. The van der Waals surface area contributed by atoms with E-state index in [1.165, 1.54) is 12.1 Å². The number of nitrogen functional groups attached to an aromatic ring is 1. The van der Waals surface area contributed by atoms with Crippen molar-refractivity contribution in [2.24, 2.45) is 0 Å². The number of nitrogens with two attached hydrogens (primary N) is 1. The molecule has 0 radical (unpaired) electrons. The number of hydrogen-bond donors (Lipinski definition) is 2. The molecule has 0 saturated heterocycles. The number of methoxy groups -OCH3 is 1. The number of benzene rings is 1. The van der Waals surface area contributed by atoms with E-state index in [4.69, 9.17) is 10.5 Å².